The molecule has 10 rings (SSSR count). The molecule has 0 saturated heterocycles. The zero-order valence-corrected chi connectivity index (χ0v) is 26.5. The van der Waals surface area contributed by atoms with Crippen LogP contribution in [-0.2, 0) is 0 Å². The molecule has 7 aromatic carbocycles. The summed E-state index contributed by atoms with van der Waals surface area (Å²) in [6.07, 6.45) is 1.83. The molecule has 3 heterocycles. The smallest absolute Gasteiger partial charge is 0.139 e. The molecule has 0 aliphatic rings. The Balaban J connectivity index is 1.13. The van der Waals surface area contributed by atoms with Gasteiger partial charge in [-0.1, -0.05) is 103 Å². The molecule has 0 unspecified atom stereocenters. The first-order valence-electron chi connectivity index (χ1n) is 16.5. The molecular formula is C45H29N3O. The number of rotatable bonds is 5. The van der Waals surface area contributed by atoms with E-state index in [0.717, 1.165) is 55.9 Å². The number of anilines is 3. The fourth-order valence-corrected chi connectivity index (χ4v) is 7.47. The predicted octanol–water partition coefficient (Wildman–Crippen LogP) is 12.4. The summed E-state index contributed by atoms with van der Waals surface area (Å²) in [4.78, 5) is 7.14. The van der Waals surface area contributed by atoms with E-state index in [4.69, 9.17) is 9.40 Å². The molecule has 0 aliphatic heterocycles. The molecule has 49 heavy (non-hydrogen) atoms. The average molecular weight is 628 g/mol. The van der Waals surface area contributed by atoms with Crippen molar-refractivity contribution in [3.8, 4) is 16.9 Å². The second kappa shape index (κ2) is 11.0. The van der Waals surface area contributed by atoms with Gasteiger partial charge in [-0.15, -0.1) is 0 Å². The van der Waals surface area contributed by atoms with Crippen LogP contribution in [0.15, 0.2) is 180 Å². The van der Waals surface area contributed by atoms with Crippen molar-refractivity contribution in [2.24, 2.45) is 0 Å². The van der Waals surface area contributed by atoms with Gasteiger partial charge in [0.1, 0.15) is 11.2 Å². The summed E-state index contributed by atoms with van der Waals surface area (Å²) in [7, 11) is 0. The molecule has 4 heteroatoms. The van der Waals surface area contributed by atoms with Gasteiger partial charge < -0.3 is 13.9 Å². The lowest BCUT2D eigenvalue weighted by Gasteiger charge is -2.26. The maximum Gasteiger partial charge on any atom is 0.139 e. The zero-order valence-electron chi connectivity index (χ0n) is 26.5. The first-order valence-corrected chi connectivity index (χ1v) is 16.5. The molecule has 0 fully saturated rings. The van der Waals surface area contributed by atoms with E-state index in [0.29, 0.717) is 0 Å². The number of benzene rings is 7. The van der Waals surface area contributed by atoms with Gasteiger partial charge in [0.05, 0.1) is 22.1 Å². The Morgan fingerprint density at radius 1 is 0.469 bits per heavy atom. The van der Waals surface area contributed by atoms with Crippen molar-refractivity contribution in [3.63, 3.8) is 0 Å². The van der Waals surface area contributed by atoms with E-state index < -0.39 is 0 Å². The fourth-order valence-electron chi connectivity index (χ4n) is 7.47. The van der Waals surface area contributed by atoms with E-state index in [9.17, 15) is 0 Å². The Morgan fingerprint density at radius 3 is 2.06 bits per heavy atom. The highest BCUT2D eigenvalue weighted by Gasteiger charge is 2.18. The van der Waals surface area contributed by atoms with Crippen molar-refractivity contribution in [3.05, 3.63) is 176 Å². The summed E-state index contributed by atoms with van der Waals surface area (Å²) in [5.41, 5.74) is 10.4. The van der Waals surface area contributed by atoms with Gasteiger partial charge in [0.2, 0.25) is 0 Å². The number of furan rings is 1. The lowest BCUT2D eigenvalue weighted by molar-refractivity contribution is 0.668. The van der Waals surface area contributed by atoms with Crippen LogP contribution in [0.25, 0.3) is 71.5 Å². The van der Waals surface area contributed by atoms with Gasteiger partial charge in [0.15, 0.2) is 0 Å². The summed E-state index contributed by atoms with van der Waals surface area (Å²) in [6, 6.07) is 60.1. The molecule has 0 atom stereocenters. The molecule has 3 aromatic heterocycles. The third-order valence-corrected chi connectivity index (χ3v) is 9.61. The number of fused-ring (bicyclic) bond motifs is 8. The zero-order chi connectivity index (χ0) is 32.3. The second-order valence-electron chi connectivity index (χ2n) is 12.4. The summed E-state index contributed by atoms with van der Waals surface area (Å²) in [5, 5.41) is 7.17. The SMILES string of the molecule is c1ccc(N(c2ccc(-c3nccc4oc5ccccc5c34)cc2)c2cccc(-n3c4ccccc4c4c5ccccc5ccc43)c2)cc1. The Bertz CT molecular complexity index is 2830. The van der Waals surface area contributed by atoms with Crippen LogP contribution in [0.1, 0.15) is 0 Å². The monoisotopic (exact) mass is 627 g/mol. The van der Waals surface area contributed by atoms with Crippen molar-refractivity contribution >= 4 is 71.6 Å². The number of hydrogen-bond acceptors (Lipinski definition) is 3. The summed E-state index contributed by atoms with van der Waals surface area (Å²) in [6.45, 7) is 0. The normalized spacial score (nSPS) is 11.7. The Hall–Kier alpha value is -6.65. The lowest BCUT2D eigenvalue weighted by Crippen LogP contribution is -2.10. The quantitative estimate of drug-likeness (QED) is 0.190. The Labute approximate surface area is 282 Å². The van der Waals surface area contributed by atoms with E-state index in [1.54, 1.807) is 0 Å². The van der Waals surface area contributed by atoms with Gasteiger partial charge >= 0.3 is 0 Å². The molecule has 0 spiro atoms. The van der Waals surface area contributed by atoms with Crippen LogP contribution in [0, 0.1) is 0 Å². The Morgan fingerprint density at radius 2 is 1.18 bits per heavy atom. The molecule has 0 amide bonds. The number of para-hydroxylation sites is 3. The average Bonchev–Trinajstić information content (AvgIpc) is 3.72. The fraction of sp³-hybridized carbons (Fsp3) is 0. The highest BCUT2D eigenvalue weighted by atomic mass is 16.3. The maximum atomic E-state index is 6.16. The molecule has 0 N–H and O–H groups in total. The second-order valence-corrected chi connectivity index (χ2v) is 12.4. The van der Waals surface area contributed by atoms with Crippen LogP contribution in [-0.4, -0.2) is 9.55 Å². The van der Waals surface area contributed by atoms with Gasteiger partial charge in [0, 0.05) is 50.7 Å². The summed E-state index contributed by atoms with van der Waals surface area (Å²) in [5.74, 6) is 0. The largest absolute Gasteiger partial charge is 0.456 e. The van der Waals surface area contributed by atoms with E-state index in [2.05, 4.69) is 155 Å². The van der Waals surface area contributed by atoms with Crippen molar-refractivity contribution in [1.29, 1.82) is 0 Å². The van der Waals surface area contributed by atoms with Gasteiger partial charge in [-0.3, -0.25) is 4.98 Å². The minimum absolute atomic E-state index is 0.844. The predicted molar refractivity (Wildman–Crippen MR) is 203 cm³/mol. The van der Waals surface area contributed by atoms with E-state index in [1.165, 1.54) is 32.6 Å². The van der Waals surface area contributed by atoms with Crippen molar-refractivity contribution in [2.75, 3.05) is 4.90 Å². The molecular weight excluding hydrogens is 599 g/mol. The number of hydrogen-bond donors (Lipinski definition) is 0. The standard InChI is InChI=1S/C45H29N3O/c1-2-12-32(13-3-1)47(33-24-21-31(22-25-33)45-44-38-18-7-9-20-41(38)49-42(44)27-28-46-45)34-14-10-15-35(29-34)48-39-19-8-6-17-37(39)43-36-16-5-4-11-30(36)23-26-40(43)48/h1-29H. The highest BCUT2D eigenvalue weighted by molar-refractivity contribution is 6.21. The van der Waals surface area contributed by atoms with Crippen LogP contribution in [0.3, 0.4) is 0 Å². The molecule has 0 bridgehead atoms. The molecule has 0 radical (unpaired) electrons. The van der Waals surface area contributed by atoms with Crippen LogP contribution in [0.4, 0.5) is 17.1 Å². The first kappa shape index (κ1) is 27.5. The van der Waals surface area contributed by atoms with E-state index in [-0.39, 0.29) is 0 Å². The summed E-state index contributed by atoms with van der Waals surface area (Å²) >= 11 is 0. The molecule has 4 nitrogen and oxygen atoms in total. The minimum atomic E-state index is 0.844. The molecule has 0 aliphatic carbocycles. The maximum absolute atomic E-state index is 6.16. The minimum Gasteiger partial charge on any atom is -0.456 e. The van der Waals surface area contributed by atoms with Crippen molar-refractivity contribution < 1.29 is 4.42 Å². The first-order chi connectivity index (χ1) is 24.3. The lowest BCUT2D eigenvalue weighted by atomic mass is 10.0. The third-order valence-electron chi connectivity index (χ3n) is 9.61. The van der Waals surface area contributed by atoms with E-state index in [1.807, 2.05) is 30.5 Å². The number of pyridine rings is 1. The van der Waals surface area contributed by atoms with Crippen LogP contribution < -0.4 is 4.90 Å². The topological polar surface area (TPSA) is 34.2 Å². The van der Waals surface area contributed by atoms with Crippen LogP contribution in [0.2, 0.25) is 0 Å². The molecule has 10 aromatic rings. The summed E-state index contributed by atoms with van der Waals surface area (Å²) < 4.78 is 8.56. The van der Waals surface area contributed by atoms with Crippen LogP contribution in [0.5, 0.6) is 0 Å². The third kappa shape index (κ3) is 4.35. The Kier molecular flexibility index (Phi) is 6.15. The van der Waals surface area contributed by atoms with Gasteiger partial charge in [-0.05, 0) is 77.5 Å². The van der Waals surface area contributed by atoms with Crippen LogP contribution >= 0.6 is 0 Å². The van der Waals surface area contributed by atoms with Crippen molar-refractivity contribution in [1.82, 2.24) is 9.55 Å². The van der Waals surface area contributed by atoms with E-state index >= 15 is 0 Å². The number of aromatic nitrogens is 2. The van der Waals surface area contributed by atoms with Gasteiger partial charge in [-0.2, -0.15) is 0 Å². The van der Waals surface area contributed by atoms with Crippen molar-refractivity contribution in [2.45, 2.75) is 0 Å². The number of nitrogens with zero attached hydrogens (tertiary/aromatic N) is 3. The molecule has 230 valence electrons. The van der Waals surface area contributed by atoms with Gasteiger partial charge in [-0.25, -0.2) is 0 Å². The highest BCUT2D eigenvalue weighted by Crippen LogP contribution is 2.41. The molecule has 0 saturated carbocycles. The van der Waals surface area contributed by atoms with Gasteiger partial charge in [0.25, 0.3) is 0 Å².